The van der Waals surface area contributed by atoms with E-state index in [9.17, 15) is 0 Å². The Hall–Kier alpha value is -0.680. The molecule has 0 amide bonds. The third-order valence-electron chi connectivity index (χ3n) is 1.10. The van der Waals surface area contributed by atoms with Crippen LogP contribution in [0.2, 0.25) is 0 Å². The van der Waals surface area contributed by atoms with E-state index in [4.69, 9.17) is 10.8 Å². The number of aliphatic imine (C=N–C) groups is 1. The largest absolute Gasteiger partial charge is 0.391 e. The molecule has 5 heteroatoms. The summed E-state index contributed by atoms with van der Waals surface area (Å²) in [5, 5.41) is 11.5. The molecule has 0 fully saturated rings. The van der Waals surface area contributed by atoms with Crippen molar-refractivity contribution in [2.24, 2.45) is 10.7 Å². The van der Waals surface area contributed by atoms with E-state index in [1.54, 1.807) is 12.3 Å². The summed E-state index contributed by atoms with van der Waals surface area (Å²) < 4.78 is 0. The minimum atomic E-state index is -0.932. The Morgan fingerprint density at radius 2 is 2.60 bits per heavy atom. The fraction of sp³-hybridized carbons (Fsp3) is 0.400. The van der Waals surface area contributed by atoms with Gasteiger partial charge in [-0.3, -0.25) is 0 Å². The van der Waals surface area contributed by atoms with E-state index in [0.29, 0.717) is 5.84 Å². The summed E-state index contributed by atoms with van der Waals surface area (Å²) in [5.74, 6) is 0.364. The summed E-state index contributed by atoms with van der Waals surface area (Å²) >= 11 is 4.03. The number of nitrogens with one attached hydrogen (secondary N) is 1. The summed E-state index contributed by atoms with van der Waals surface area (Å²) in [4.78, 5) is 2.91. The van der Waals surface area contributed by atoms with E-state index < -0.39 is 4.99 Å². The Morgan fingerprint density at radius 3 is 3.00 bits per heavy atom. The lowest BCUT2D eigenvalue weighted by Gasteiger charge is -2.24. The zero-order valence-electron chi connectivity index (χ0n) is 5.28. The van der Waals surface area contributed by atoms with Gasteiger partial charge in [-0.2, -0.15) is 0 Å². The molecule has 0 aliphatic carbocycles. The maximum atomic E-state index is 8.73. The number of hydrogen-bond donors (Lipinski definition) is 4. The highest BCUT2D eigenvalue weighted by Gasteiger charge is 2.23. The van der Waals surface area contributed by atoms with Gasteiger partial charge in [0.25, 0.3) is 0 Å². The van der Waals surface area contributed by atoms with Crippen LogP contribution in [0, 0.1) is 0 Å². The maximum Gasteiger partial charge on any atom is 0.199 e. The first kappa shape index (κ1) is 7.43. The van der Waals surface area contributed by atoms with Crippen LogP contribution in [-0.4, -0.2) is 22.5 Å². The second kappa shape index (κ2) is 2.51. The highest BCUT2D eigenvalue weighted by Crippen LogP contribution is 2.13. The molecular formula is C5H9N3OS. The van der Waals surface area contributed by atoms with Gasteiger partial charge in [-0.25, -0.2) is 4.99 Å². The standard InChI is InChI=1S/C5H9N3OS/c6-4-1-2-7-5(10,3-9)8-4/h1-2,7,9-10H,3H2,(H2,6,8). The molecule has 0 aromatic heterocycles. The second-order valence-electron chi connectivity index (χ2n) is 1.99. The first-order chi connectivity index (χ1) is 4.66. The van der Waals surface area contributed by atoms with Crippen LogP contribution in [0.15, 0.2) is 17.3 Å². The lowest BCUT2D eigenvalue weighted by atomic mass is 10.4. The second-order valence-corrected chi connectivity index (χ2v) is 2.73. The first-order valence-corrected chi connectivity index (χ1v) is 3.24. The van der Waals surface area contributed by atoms with E-state index in [1.165, 1.54) is 0 Å². The third kappa shape index (κ3) is 1.43. The number of aliphatic hydroxyl groups excluding tert-OH is 1. The van der Waals surface area contributed by atoms with Gasteiger partial charge in [0.15, 0.2) is 4.99 Å². The van der Waals surface area contributed by atoms with E-state index in [-0.39, 0.29) is 6.61 Å². The zero-order chi connectivity index (χ0) is 7.61. The molecule has 0 saturated heterocycles. The van der Waals surface area contributed by atoms with Gasteiger partial charge in [-0.15, -0.1) is 12.6 Å². The molecule has 1 atom stereocenters. The predicted octanol–water partition coefficient (Wildman–Crippen LogP) is -0.964. The number of amidine groups is 1. The number of rotatable bonds is 1. The first-order valence-electron chi connectivity index (χ1n) is 2.79. The molecule has 0 spiro atoms. The van der Waals surface area contributed by atoms with Crippen molar-refractivity contribution in [3.63, 3.8) is 0 Å². The molecule has 4 nitrogen and oxygen atoms in total. The van der Waals surface area contributed by atoms with Gasteiger partial charge in [0.05, 0.1) is 6.61 Å². The smallest absolute Gasteiger partial charge is 0.199 e. The lowest BCUT2D eigenvalue weighted by molar-refractivity contribution is 0.239. The number of thiol groups is 1. The van der Waals surface area contributed by atoms with Gasteiger partial charge < -0.3 is 16.2 Å². The summed E-state index contributed by atoms with van der Waals surface area (Å²) in [6, 6.07) is 0. The maximum absolute atomic E-state index is 8.73. The Kier molecular flexibility index (Phi) is 1.87. The molecule has 1 aliphatic heterocycles. The third-order valence-corrected chi connectivity index (χ3v) is 1.47. The average Bonchev–Trinajstić information content (AvgIpc) is 1.88. The van der Waals surface area contributed by atoms with Crippen LogP contribution in [0.25, 0.3) is 0 Å². The SMILES string of the molecule is NC1=NC(S)(CO)NC=C1. The number of hydrogen-bond acceptors (Lipinski definition) is 5. The normalized spacial score (nSPS) is 31.2. The average molecular weight is 159 g/mol. The van der Waals surface area contributed by atoms with E-state index >= 15 is 0 Å². The van der Waals surface area contributed by atoms with Gasteiger partial charge in [0, 0.05) is 6.20 Å². The minimum Gasteiger partial charge on any atom is -0.391 e. The van der Waals surface area contributed by atoms with Gasteiger partial charge in [0.1, 0.15) is 5.84 Å². The highest BCUT2D eigenvalue weighted by atomic mass is 32.1. The van der Waals surface area contributed by atoms with Crippen LogP contribution in [0.1, 0.15) is 0 Å². The molecule has 4 N–H and O–H groups in total. The Morgan fingerprint density at radius 1 is 1.90 bits per heavy atom. The quantitative estimate of drug-likeness (QED) is 0.372. The fourth-order valence-corrected chi connectivity index (χ4v) is 0.815. The topological polar surface area (TPSA) is 70.6 Å². The van der Waals surface area contributed by atoms with Crippen LogP contribution < -0.4 is 11.1 Å². The van der Waals surface area contributed by atoms with E-state index in [2.05, 4.69) is 22.9 Å². The summed E-state index contributed by atoms with van der Waals surface area (Å²) in [6.07, 6.45) is 3.20. The van der Waals surface area contributed by atoms with Crippen LogP contribution in [0.4, 0.5) is 0 Å². The molecule has 1 aliphatic rings. The molecule has 0 radical (unpaired) electrons. The van der Waals surface area contributed by atoms with Crippen molar-refractivity contribution in [3.8, 4) is 0 Å². The van der Waals surface area contributed by atoms with Crippen LogP contribution >= 0.6 is 12.6 Å². The van der Waals surface area contributed by atoms with Crippen molar-refractivity contribution in [1.29, 1.82) is 0 Å². The summed E-state index contributed by atoms with van der Waals surface area (Å²) in [7, 11) is 0. The minimum absolute atomic E-state index is 0.193. The predicted molar refractivity (Wildman–Crippen MR) is 42.7 cm³/mol. The van der Waals surface area contributed by atoms with E-state index in [1.807, 2.05) is 0 Å². The van der Waals surface area contributed by atoms with Crippen LogP contribution in [-0.2, 0) is 0 Å². The van der Waals surface area contributed by atoms with Gasteiger partial charge in [0.2, 0.25) is 0 Å². The molecule has 0 aromatic carbocycles. The Bertz CT molecular complexity index is 191. The lowest BCUT2D eigenvalue weighted by Crippen LogP contribution is -2.42. The monoisotopic (exact) mass is 159 g/mol. The molecule has 0 bridgehead atoms. The zero-order valence-corrected chi connectivity index (χ0v) is 6.18. The molecule has 1 unspecified atom stereocenters. The van der Waals surface area contributed by atoms with Crippen molar-refractivity contribution in [1.82, 2.24) is 5.32 Å². The van der Waals surface area contributed by atoms with Crippen molar-refractivity contribution < 1.29 is 5.11 Å². The van der Waals surface area contributed by atoms with Gasteiger partial charge in [-0.05, 0) is 6.08 Å². The van der Waals surface area contributed by atoms with Crippen molar-refractivity contribution in [3.05, 3.63) is 12.3 Å². The van der Waals surface area contributed by atoms with Gasteiger partial charge in [-0.1, -0.05) is 0 Å². The van der Waals surface area contributed by atoms with Crippen LogP contribution in [0.3, 0.4) is 0 Å². The molecule has 0 aromatic rings. The number of nitrogens with two attached hydrogens (primary N) is 1. The summed E-state index contributed by atoms with van der Waals surface area (Å²) in [5.41, 5.74) is 5.35. The van der Waals surface area contributed by atoms with Crippen molar-refractivity contribution in [2.45, 2.75) is 4.99 Å². The van der Waals surface area contributed by atoms with Crippen LogP contribution in [0.5, 0.6) is 0 Å². The molecule has 56 valence electrons. The molecule has 0 saturated carbocycles. The molecule has 10 heavy (non-hydrogen) atoms. The molecular weight excluding hydrogens is 150 g/mol. The van der Waals surface area contributed by atoms with Crippen molar-refractivity contribution in [2.75, 3.05) is 6.61 Å². The Labute approximate surface area is 64.2 Å². The number of nitrogens with zero attached hydrogens (tertiary/aromatic N) is 1. The van der Waals surface area contributed by atoms with Crippen molar-refractivity contribution >= 4 is 18.5 Å². The highest BCUT2D eigenvalue weighted by molar-refractivity contribution is 7.81. The fourth-order valence-electron chi connectivity index (χ4n) is 0.625. The molecule has 1 rings (SSSR count). The molecule has 1 heterocycles. The van der Waals surface area contributed by atoms with Gasteiger partial charge >= 0.3 is 0 Å². The summed E-state index contributed by atoms with van der Waals surface area (Å²) in [6.45, 7) is -0.193. The van der Waals surface area contributed by atoms with E-state index in [0.717, 1.165) is 0 Å². The Balaban J connectivity index is 2.76. The number of aliphatic hydroxyl groups is 1.